The highest BCUT2D eigenvalue weighted by Gasteiger charge is 2.09. The molecule has 0 saturated carbocycles. The van der Waals surface area contributed by atoms with Gasteiger partial charge < -0.3 is 4.74 Å². The summed E-state index contributed by atoms with van der Waals surface area (Å²) in [5.74, 6) is -0.198. The smallest absolute Gasteiger partial charge is 0.334 e. The molecular weight excluding hydrogens is 224 g/mol. The summed E-state index contributed by atoms with van der Waals surface area (Å²) in [5, 5.41) is 0. The van der Waals surface area contributed by atoms with E-state index < -0.39 is 0 Å². The van der Waals surface area contributed by atoms with Crippen molar-refractivity contribution >= 4 is 5.97 Å². The van der Waals surface area contributed by atoms with Gasteiger partial charge in [0.2, 0.25) is 0 Å². The van der Waals surface area contributed by atoms with E-state index in [4.69, 9.17) is 4.74 Å². The van der Waals surface area contributed by atoms with Crippen molar-refractivity contribution < 1.29 is 9.53 Å². The van der Waals surface area contributed by atoms with Crippen molar-refractivity contribution in [1.29, 1.82) is 0 Å². The molecule has 1 rings (SSSR count). The van der Waals surface area contributed by atoms with Crippen LogP contribution < -0.4 is 0 Å². The second-order valence-electron chi connectivity index (χ2n) is 4.67. The fourth-order valence-corrected chi connectivity index (χ4v) is 2.05. The maximum atomic E-state index is 11.8. The first-order valence-electron chi connectivity index (χ1n) is 6.98. The topological polar surface area (TPSA) is 26.3 Å². The SMILES string of the molecule is C=CCOC(=O)C1=CC=CCCCCCCCC1. The van der Waals surface area contributed by atoms with Crippen molar-refractivity contribution in [3.8, 4) is 0 Å². The molecule has 0 aromatic rings. The fraction of sp³-hybridized carbons (Fsp3) is 0.562. The Hall–Kier alpha value is -1.31. The van der Waals surface area contributed by atoms with Crippen molar-refractivity contribution in [3.63, 3.8) is 0 Å². The molecule has 0 aromatic heterocycles. The molecule has 1 aliphatic carbocycles. The predicted octanol–water partition coefficient (Wildman–Crippen LogP) is 4.33. The van der Waals surface area contributed by atoms with Crippen LogP contribution in [0.2, 0.25) is 0 Å². The average Bonchev–Trinajstić information content (AvgIpc) is 2.36. The van der Waals surface area contributed by atoms with E-state index in [1.807, 2.05) is 12.2 Å². The first-order valence-corrected chi connectivity index (χ1v) is 6.98. The van der Waals surface area contributed by atoms with E-state index in [0.717, 1.165) is 24.8 Å². The molecule has 0 fully saturated rings. The van der Waals surface area contributed by atoms with Gasteiger partial charge in [0.25, 0.3) is 0 Å². The van der Waals surface area contributed by atoms with Crippen LogP contribution in [-0.2, 0) is 9.53 Å². The maximum Gasteiger partial charge on any atom is 0.334 e. The number of hydrogen-bond donors (Lipinski definition) is 0. The van der Waals surface area contributed by atoms with Gasteiger partial charge in [-0.1, -0.05) is 56.6 Å². The zero-order valence-electron chi connectivity index (χ0n) is 11.2. The minimum Gasteiger partial charge on any atom is -0.458 e. The number of rotatable bonds is 3. The van der Waals surface area contributed by atoms with Gasteiger partial charge in [0.15, 0.2) is 0 Å². The number of carbonyl (C=O) groups excluding carboxylic acids is 1. The van der Waals surface area contributed by atoms with Gasteiger partial charge in [0.1, 0.15) is 6.61 Å². The molecule has 0 saturated heterocycles. The Morgan fingerprint density at radius 2 is 1.94 bits per heavy atom. The number of allylic oxidation sites excluding steroid dienone is 3. The van der Waals surface area contributed by atoms with Crippen LogP contribution in [0.15, 0.2) is 36.5 Å². The van der Waals surface area contributed by atoms with Crippen molar-refractivity contribution in [1.82, 2.24) is 0 Å². The van der Waals surface area contributed by atoms with Gasteiger partial charge in [-0.3, -0.25) is 0 Å². The van der Waals surface area contributed by atoms with Crippen LogP contribution in [0.4, 0.5) is 0 Å². The molecule has 0 amide bonds. The van der Waals surface area contributed by atoms with E-state index in [1.165, 1.54) is 32.1 Å². The predicted molar refractivity (Wildman–Crippen MR) is 75.3 cm³/mol. The van der Waals surface area contributed by atoms with Crippen LogP contribution in [0.25, 0.3) is 0 Å². The average molecular weight is 248 g/mol. The molecule has 18 heavy (non-hydrogen) atoms. The summed E-state index contributed by atoms with van der Waals surface area (Å²) in [6.45, 7) is 3.84. The molecule has 2 nitrogen and oxygen atoms in total. The summed E-state index contributed by atoms with van der Waals surface area (Å²) < 4.78 is 5.10. The van der Waals surface area contributed by atoms with E-state index in [0.29, 0.717) is 6.61 Å². The lowest BCUT2D eigenvalue weighted by molar-refractivity contribution is -0.138. The van der Waals surface area contributed by atoms with Crippen LogP contribution in [-0.4, -0.2) is 12.6 Å². The summed E-state index contributed by atoms with van der Waals surface area (Å²) in [5.41, 5.74) is 0.786. The molecule has 0 atom stereocenters. The Kier molecular flexibility index (Phi) is 7.94. The molecule has 0 unspecified atom stereocenters. The maximum absolute atomic E-state index is 11.8. The van der Waals surface area contributed by atoms with Crippen molar-refractivity contribution in [3.05, 3.63) is 36.5 Å². The Morgan fingerprint density at radius 1 is 1.22 bits per heavy atom. The zero-order chi connectivity index (χ0) is 13.1. The Bertz CT molecular complexity index is 313. The van der Waals surface area contributed by atoms with Crippen LogP contribution in [0.1, 0.15) is 51.4 Å². The summed E-state index contributed by atoms with van der Waals surface area (Å²) >= 11 is 0. The van der Waals surface area contributed by atoms with Gasteiger partial charge in [0.05, 0.1) is 0 Å². The van der Waals surface area contributed by atoms with Crippen LogP contribution in [0.3, 0.4) is 0 Å². The lowest BCUT2D eigenvalue weighted by Crippen LogP contribution is -2.08. The van der Waals surface area contributed by atoms with Gasteiger partial charge in [0, 0.05) is 5.57 Å². The first-order chi connectivity index (χ1) is 8.84. The zero-order valence-corrected chi connectivity index (χ0v) is 11.2. The Morgan fingerprint density at radius 3 is 2.72 bits per heavy atom. The normalized spacial score (nSPS) is 18.1. The third kappa shape index (κ3) is 6.43. The summed E-state index contributed by atoms with van der Waals surface area (Å²) in [4.78, 5) is 11.8. The third-order valence-corrected chi connectivity index (χ3v) is 3.09. The molecule has 2 heteroatoms. The summed E-state index contributed by atoms with van der Waals surface area (Å²) in [6.07, 6.45) is 17.0. The van der Waals surface area contributed by atoms with E-state index in [9.17, 15) is 4.79 Å². The van der Waals surface area contributed by atoms with Gasteiger partial charge in [-0.15, -0.1) is 0 Å². The molecule has 0 heterocycles. The molecule has 0 aromatic carbocycles. The lowest BCUT2D eigenvalue weighted by atomic mass is 10.0. The van der Waals surface area contributed by atoms with Crippen LogP contribution in [0.5, 0.6) is 0 Å². The second kappa shape index (κ2) is 9.69. The van der Waals surface area contributed by atoms with Gasteiger partial charge >= 0.3 is 5.97 Å². The Labute approximate surface area is 110 Å². The number of ether oxygens (including phenoxy) is 1. The number of hydrogen-bond acceptors (Lipinski definition) is 2. The molecule has 0 aliphatic heterocycles. The first kappa shape index (κ1) is 14.7. The largest absolute Gasteiger partial charge is 0.458 e. The monoisotopic (exact) mass is 248 g/mol. The molecule has 0 spiro atoms. The molecular formula is C16H24O2. The molecule has 0 bridgehead atoms. The lowest BCUT2D eigenvalue weighted by Gasteiger charge is -2.07. The van der Waals surface area contributed by atoms with E-state index in [1.54, 1.807) is 6.08 Å². The van der Waals surface area contributed by atoms with Crippen molar-refractivity contribution in [2.24, 2.45) is 0 Å². The van der Waals surface area contributed by atoms with Gasteiger partial charge in [-0.25, -0.2) is 4.79 Å². The highest BCUT2D eigenvalue weighted by Crippen LogP contribution is 2.15. The van der Waals surface area contributed by atoms with E-state index in [2.05, 4.69) is 12.7 Å². The van der Waals surface area contributed by atoms with Crippen molar-refractivity contribution in [2.75, 3.05) is 6.61 Å². The van der Waals surface area contributed by atoms with Gasteiger partial charge in [-0.2, -0.15) is 0 Å². The Balaban J connectivity index is 2.56. The highest BCUT2D eigenvalue weighted by molar-refractivity contribution is 5.88. The third-order valence-electron chi connectivity index (χ3n) is 3.09. The highest BCUT2D eigenvalue weighted by atomic mass is 16.5. The molecule has 100 valence electrons. The minimum atomic E-state index is -0.198. The van der Waals surface area contributed by atoms with Gasteiger partial charge in [-0.05, 0) is 25.7 Å². The summed E-state index contributed by atoms with van der Waals surface area (Å²) in [7, 11) is 0. The molecule has 0 N–H and O–H groups in total. The number of carbonyl (C=O) groups is 1. The fourth-order valence-electron chi connectivity index (χ4n) is 2.05. The summed E-state index contributed by atoms with van der Waals surface area (Å²) in [6, 6.07) is 0. The van der Waals surface area contributed by atoms with Crippen molar-refractivity contribution in [2.45, 2.75) is 51.4 Å². The standard InChI is InChI=1S/C16H24O2/c1-2-14-18-16(17)15-12-10-8-6-4-3-5-7-9-11-13-15/h2,8,10,12H,1,3-7,9,11,13-14H2. The quantitative estimate of drug-likeness (QED) is 0.549. The van der Waals surface area contributed by atoms with E-state index >= 15 is 0 Å². The molecule has 0 radical (unpaired) electrons. The van der Waals surface area contributed by atoms with Crippen LogP contribution >= 0.6 is 0 Å². The molecule has 1 aliphatic rings. The second-order valence-corrected chi connectivity index (χ2v) is 4.67. The minimum absolute atomic E-state index is 0.198. The van der Waals surface area contributed by atoms with E-state index in [-0.39, 0.29) is 5.97 Å². The number of esters is 1. The van der Waals surface area contributed by atoms with Crippen LogP contribution in [0, 0.1) is 0 Å².